The van der Waals surface area contributed by atoms with Crippen LogP contribution in [0.1, 0.15) is 5.56 Å². The third kappa shape index (κ3) is 3.90. The van der Waals surface area contributed by atoms with Crippen LogP contribution in [0.3, 0.4) is 0 Å². The maximum absolute atomic E-state index is 13.3. The maximum atomic E-state index is 13.3. The molecule has 4 rings (SSSR count). The van der Waals surface area contributed by atoms with Crippen LogP contribution in [0.4, 0.5) is 17.3 Å². The van der Waals surface area contributed by atoms with Crippen LogP contribution in [0, 0.1) is 6.92 Å². The lowest BCUT2D eigenvalue weighted by molar-refractivity contribution is 0.395. The Bertz CT molecular complexity index is 1410. The van der Waals surface area contributed by atoms with Gasteiger partial charge >= 0.3 is 0 Å². The topological polar surface area (TPSA) is 117 Å². The lowest BCUT2D eigenvalue weighted by Crippen LogP contribution is -2.22. The summed E-state index contributed by atoms with van der Waals surface area (Å²) in [7, 11) is 4.48. The molecule has 2 aromatic heterocycles. The molecule has 0 atom stereocenters. The minimum Gasteiger partial charge on any atom is -0.495 e. The summed E-state index contributed by atoms with van der Waals surface area (Å²) in [4.78, 5) is 26.5. The number of halogens is 2. The van der Waals surface area contributed by atoms with E-state index in [1.807, 2.05) is 19.1 Å². The smallest absolute Gasteiger partial charge is 0.278 e. The van der Waals surface area contributed by atoms with Gasteiger partial charge in [-0.05, 0) is 18.6 Å². The van der Waals surface area contributed by atoms with Gasteiger partial charge in [0.1, 0.15) is 22.7 Å². The largest absolute Gasteiger partial charge is 0.495 e. The summed E-state index contributed by atoms with van der Waals surface area (Å²) in [6.07, 6.45) is 1.50. The fourth-order valence-electron chi connectivity index (χ4n) is 3.41. The SMILES string of the molecule is COc1cc(OC)c(Cl)c(-c2nc3cnc(Nc4c(C)cccc4N)nc3n(C)c2=O)c1Cl. The molecule has 11 heteroatoms. The Morgan fingerprint density at radius 3 is 2.36 bits per heavy atom. The van der Waals surface area contributed by atoms with E-state index in [0.29, 0.717) is 34.0 Å². The van der Waals surface area contributed by atoms with Crippen molar-refractivity contribution in [2.24, 2.45) is 7.05 Å². The number of para-hydroxylation sites is 1. The third-order valence-electron chi connectivity index (χ3n) is 5.16. The number of hydrogen-bond acceptors (Lipinski definition) is 8. The molecule has 2 aromatic carbocycles. The molecule has 2 heterocycles. The molecule has 33 heavy (non-hydrogen) atoms. The van der Waals surface area contributed by atoms with Crippen LogP contribution in [0.25, 0.3) is 22.4 Å². The lowest BCUT2D eigenvalue weighted by Gasteiger charge is -2.15. The van der Waals surface area contributed by atoms with Crippen molar-refractivity contribution >= 4 is 51.7 Å². The van der Waals surface area contributed by atoms with Gasteiger partial charge in [-0.1, -0.05) is 35.3 Å². The number of fused-ring (bicyclic) bond motifs is 1. The molecule has 0 spiro atoms. The van der Waals surface area contributed by atoms with Gasteiger partial charge in [-0.25, -0.2) is 9.97 Å². The number of anilines is 3. The van der Waals surface area contributed by atoms with E-state index >= 15 is 0 Å². The Labute approximate surface area is 199 Å². The molecular weight excluding hydrogens is 467 g/mol. The fraction of sp³-hybridized carbons (Fsp3) is 0.182. The summed E-state index contributed by atoms with van der Waals surface area (Å²) >= 11 is 13.0. The highest BCUT2D eigenvalue weighted by atomic mass is 35.5. The minimum absolute atomic E-state index is 0.0182. The van der Waals surface area contributed by atoms with Crippen molar-refractivity contribution in [1.29, 1.82) is 0 Å². The number of ether oxygens (including phenoxy) is 2. The average Bonchev–Trinajstić information content (AvgIpc) is 2.80. The van der Waals surface area contributed by atoms with Gasteiger partial charge in [-0.2, -0.15) is 4.98 Å². The molecule has 4 aromatic rings. The highest BCUT2D eigenvalue weighted by Gasteiger charge is 2.24. The molecule has 0 saturated carbocycles. The van der Waals surface area contributed by atoms with Crippen LogP contribution in [0.2, 0.25) is 10.0 Å². The van der Waals surface area contributed by atoms with Crippen molar-refractivity contribution < 1.29 is 9.47 Å². The summed E-state index contributed by atoms with van der Waals surface area (Å²) in [6, 6.07) is 7.09. The summed E-state index contributed by atoms with van der Waals surface area (Å²) in [6.45, 7) is 1.92. The van der Waals surface area contributed by atoms with E-state index < -0.39 is 5.56 Å². The Morgan fingerprint density at radius 2 is 1.76 bits per heavy atom. The molecule has 0 aliphatic carbocycles. The van der Waals surface area contributed by atoms with E-state index in [1.165, 1.54) is 31.0 Å². The van der Waals surface area contributed by atoms with Crippen molar-refractivity contribution in [2.75, 3.05) is 25.3 Å². The van der Waals surface area contributed by atoms with Crippen LogP contribution in [-0.2, 0) is 7.05 Å². The summed E-state index contributed by atoms with van der Waals surface area (Å²) in [5.74, 6) is 0.860. The molecule has 0 aliphatic rings. The lowest BCUT2D eigenvalue weighted by atomic mass is 10.1. The molecule has 0 unspecified atom stereocenters. The van der Waals surface area contributed by atoms with Gasteiger partial charge in [0, 0.05) is 13.1 Å². The number of methoxy groups -OCH3 is 2. The van der Waals surface area contributed by atoms with Crippen molar-refractivity contribution in [3.63, 3.8) is 0 Å². The molecule has 9 nitrogen and oxygen atoms in total. The van der Waals surface area contributed by atoms with Crippen LogP contribution in [0.15, 0.2) is 35.3 Å². The maximum Gasteiger partial charge on any atom is 0.278 e. The number of aromatic nitrogens is 4. The zero-order chi connectivity index (χ0) is 23.9. The molecule has 0 saturated heterocycles. The first-order valence-corrected chi connectivity index (χ1v) is 10.5. The second-order valence-electron chi connectivity index (χ2n) is 7.18. The van der Waals surface area contributed by atoms with Gasteiger partial charge in [0.2, 0.25) is 5.95 Å². The Hall–Kier alpha value is -3.56. The van der Waals surface area contributed by atoms with E-state index in [9.17, 15) is 4.79 Å². The van der Waals surface area contributed by atoms with Crippen molar-refractivity contribution in [1.82, 2.24) is 19.5 Å². The number of hydrogen-bond donors (Lipinski definition) is 2. The predicted molar refractivity (Wildman–Crippen MR) is 130 cm³/mol. The van der Waals surface area contributed by atoms with E-state index in [-0.39, 0.29) is 27.3 Å². The van der Waals surface area contributed by atoms with E-state index in [1.54, 1.807) is 13.1 Å². The molecule has 0 bridgehead atoms. The Kier molecular flexibility index (Phi) is 6.01. The molecule has 0 radical (unpaired) electrons. The standard InChI is InChI=1S/C22H20Cl2N6O3/c1-10-6-5-7-11(25)18(10)28-22-26-9-12-20(29-22)30(2)21(31)19(27-12)15-16(23)13(32-3)8-14(33-4)17(15)24/h5-9H,25H2,1-4H3,(H,26,28,29). The predicted octanol–water partition coefficient (Wildman–Crippen LogP) is 4.35. The van der Waals surface area contributed by atoms with E-state index in [0.717, 1.165) is 5.56 Å². The molecule has 0 fully saturated rings. The zero-order valence-corrected chi connectivity index (χ0v) is 19.7. The summed E-state index contributed by atoms with van der Waals surface area (Å²) in [5.41, 5.74) is 8.68. The highest BCUT2D eigenvalue weighted by molar-refractivity contribution is 6.41. The van der Waals surface area contributed by atoms with Gasteiger partial charge in [0.25, 0.3) is 5.56 Å². The second-order valence-corrected chi connectivity index (χ2v) is 7.93. The first-order chi connectivity index (χ1) is 15.8. The van der Waals surface area contributed by atoms with E-state index in [4.69, 9.17) is 38.4 Å². The normalized spacial score (nSPS) is 11.0. The number of aryl methyl sites for hydroxylation is 2. The minimum atomic E-state index is -0.457. The van der Waals surface area contributed by atoms with Crippen molar-refractivity contribution in [3.8, 4) is 22.8 Å². The van der Waals surface area contributed by atoms with Gasteiger partial charge < -0.3 is 20.5 Å². The highest BCUT2D eigenvalue weighted by Crippen LogP contribution is 2.44. The van der Waals surface area contributed by atoms with Gasteiger partial charge in [-0.15, -0.1) is 0 Å². The van der Waals surface area contributed by atoms with Gasteiger partial charge in [0.05, 0.1) is 47.4 Å². The van der Waals surface area contributed by atoms with Crippen LogP contribution >= 0.6 is 23.2 Å². The summed E-state index contributed by atoms with van der Waals surface area (Å²) in [5, 5.41) is 3.39. The number of nitrogens with two attached hydrogens (primary N) is 1. The second kappa shape index (κ2) is 8.76. The number of nitrogens with one attached hydrogen (secondary N) is 1. The Morgan fingerprint density at radius 1 is 1.09 bits per heavy atom. The quantitative estimate of drug-likeness (QED) is 0.399. The van der Waals surface area contributed by atoms with Crippen molar-refractivity contribution in [3.05, 3.63) is 56.4 Å². The summed E-state index contributed by atoms with van der Waals surface area (Å²) < 4.78 is 12.0. The average molecular weight is 487 g/mol. The number of benzene rings is 2. The monoisotopic (exact) mass is 486 g/mol. The van der Waals surface area contributed by atoms with Gasteiger partial charge in [0.15, 0.2) is 5.65 Å². The van der Waals surface area contributed by atoms with Gasteiger partial charge in [-0.3, -0.25) is 9.36 Å². The van der Waals surface area contributed by atoms with Crippen LogP contribution < -0.4 is 26.1 Å². The fourth-order valence-corrected chi connectivity index (χ4v) is 4.08. The third-order valence-corrected chi connectivity index (χ3v) is 5.91. The first kappa shape index (κ1) is 22.6. The number of rotatable bonds is 5. The Balaban J connectivity index is 1.89. The molecular formula is C22H20Cl2N6O3. The molecule has 3 N–H and O–H groups in total. The molecule has 0 amide bonds. The van der Waals surface area contributed by atoms with E-state index in [2.05, 4.69) is 20.3 Å². The number of nitrogens with zero attached hydrogens (tertiary/aromatic N) is 4. The first-order valence-electron chi connectivity index (χ1n) is 9.73. The number of nitrogen functional groups attached to an aromatic ring is 1. The van der Waals surface area contributed by atoms with Crippen LogP contribution in [-0.4, -0.2) is 33.7 Å². The van der Waals surface area contributed by atoms with Crippen molar-refractivity contribution in [2.45, 2.75) is 6.92 Å². The van der Waals surface area contributed by atoms with Crippen LogP contribution in [0.5, 0.6) is 11.5 Å². The zero-order valence-electron chi connectivity index (χ0n) is 18.2. The molecule has 0 aliphatic heterocycles. The molecule has 170 valence electrons.